The van der Waals surface area contributed by atoms with Crippen LogP contribution in [0.3, 0.4) is 0 Å². The molecule has 118 valence electrons. The van der Waals surface area contributed by atoms with Crippen molar-refractivity contribution in [1.82, 2.24) is 9.88 Å². The van der Waals surface area contributed by atoms with E-state index in [1.807, 2.05) is 11.3 Å². The maximum absolute atomic E-state index is 6.37. The Balaban J connectivity index is 1.71. The van der Waals surface area contributed by atoms with Gasteiger partial charge in [-0.1, -0.05) is 32.1 Å². The smallest absolute Gasteiger partial charge is 0.185 e. The highest BCUT2D eigenvalue weighted by atomic mass is 32.1. The second kappa shape index (κ2) is 5.86. The average Bonchev–Trinajstić information content (AvgIpc) is 2.82. The van der Waals surface area contributed by atoms with Crippen LogP contribution in [0.15, 0.2) is 0 Å². The van der Waals surface area contributed by atoms with Gasteiger partial charge in [0.2, 0.25) is 0 Å². The van der Waals surface area contributed by atoms with E-state index in [1.54, 1.807) is 0 Å². The molecule has 2 N–H and O–H groups in total. The van der Waals surface area contributed by atoms with E-state index in [9.17, 15) is 0 Å². The van der Waals surface area contributed by atoms with Gasteiger partial charge in [-0.15, -0.1) is 0 Å². The first-order chi connectivity index (χ1) is 9.98. The first-order valence-corrected chi connectivity index (χ1v) is 9.02. The number of rotatable bonds is 3. The summed E-state index contributed by atoms with van der Waals surface area (Å²) in [5, 5.41) is 1.20. The molecule has 4 nitrogen and oxygen atoms in total. The molecule has 1 atom stereocenters. The van der Waals surface area contributed by atoms with Crippen molar-refractivity contribution in [3.8, 4) is 0 Å². The number of nitrogens with zero attached hydrogens (tertiary/aromatic N) is 3. The van der Waals surface area contributed by atoms with Crippen molar-refractivity contribution in [2.75, 3.05) is 37.6 Å². The summed E-state index contributed by atoms with van der Waals surface area (Å²) in [6.45, 7) is 12.6. The van der Waals surface area contributed by atoms with Crippen LogP contribution in [0.5, 0.6) is 0 Å². The second-order valence-corrected chi connectivity index (χ2v) is 8.30. The molecule has 0 aromatic carbocycles. The fourth-order valence-corrected chi connectivity index (χ4v) is 4.73. The second-order valence-electron chi connectivity index (χ2n) is 7.29. The van der Waals surface area contributed by atoms with Crippen molar-refractivity contribution < 1.29 is 0 Å². The van der Waals surface area contributed by atoms with Crippen molar-refractivity contribution >= 4 is 16.5 Å². The molecule has 0 amide bonds. The topological polar surface area (TPSA) is 45.4 Å². The van der Waals surface area contributed by atoms with Crippen molar-refractivity contribution in [2.24, 2.45) is 11.1 Å². The molecule has 1 unspecified atom stereocenters. The van der Waals surface area contributed by atoms with Gasteiger partial charge < -0.3 is 10.6 Å². The van der Waals surface area contributed by atoms with Gasteiger partial charge >= 0.3 is 0 Å². The lowest BCUT2D eigenvalue weighted by atomic mass is 9.77. The molecule has 1 aromatic heterocycles. The minimum atomic E-state index is 0.177. The summed E-state index contributed by atoms with van der Waals surface area (Å²) < 4.78 is 0. The maximum atomic E-state index is 6.37. The zero-order chi connectivity index (χ0) is 15.0. The van der Waals surface area contributed by atoms with Gasteiger partial charge in [-0.05, 0) is 31.2 Å². The monoisotopic (exact) mass is 308 g/mol. The molecule has 0 bridgehead atoms. The first-order valence-electron chi connectivity index (χ1n) is 8.21. The van der Waals surface area contributed by atoms with Crippen molar-refractivity contribution in [1.29, 1.82) is 0 Å². The van der Waals surface area contributed by atoms with E-state index in [1.165, 1.54) is 28.7 Å². The SMILES string of the molecule is CCCN1CCN(c2nc3c(s2)C(N)CC(C)(C)C3)CC1. The van der Waals surface area contributed by atoms with E-state index in [4.69, 9.17) is 10.7 Å². The van der Waals surface area contributed by atoms with Crippen LogP contribution in [0.25, 0.3) is 0 Å². The summed E-state index contributed by atoms with van der Waals surface area (Å²) in [5.74, 6) is 0. The van der Waals surface area contributed by atoms with Gasteiger partial charge in [0.1, 0.15) is 0 Å². The van der Waals surface area contributed by atoms with Crippen LogP contribution in [0.1, 0.15) is 50.2 Å². The number of aromatic nitrogens is 1. The van der Waals surface area contributed by atoms with Crippen LogP contribution in [0.4, 0.5) is 5.13 Å². The molecule has 1 aromatic rings. The number of fused-ring (bicyclic) bond motifs is 1. The van der Waals surface area contributed by atoms with Crippen molar-refractivity contribution in [2.45, 2.75) is 46.1 Å². The molecule has 0 radical (unpaired) electrons. The largest absolute Gasteiger partial charge is 0.346 e. The number of anilines is 1. The minimum Gasteiger partial charge on any atom is -0.346 e. The zero-order valence-electron chi connectivity index (χ0n) is 13.6. The third-order valence-corrected chi connectivity index (χ3v) is 5.94. The van der Waals surface area contributed by atoms with E-state index in [0.717, 1.165) is 39.0 Å². The molecule has 2 heterocycles. The Morgan fingerprint density at radius 1 is 1.29 bits per heavy atom. The summed E-state index contributed by atoms with van der Waals surface area (Å²) in [6, 6.07) is 0.177. The number of hydrogen-bond donors (Lipinski definition) is 1. The zero-order valence-corrected chi connectivity index (χ0v) is 14.4. The van der Waals surface area contributed by atoms with Gasteiger partial charge in [0.25, 0.3) is 0 Å². The highest BCUT2D eigenvalue weighted by Crippen LogP contribution is 2.43. The summed E-state index contributed by atoms with van der Waals surface area (Å²) in [5.41, 5.74) is 7.92. The van der Waals surface area contributed by atoms with E-state index in [0.29, 0.717) is 0 Å². The lowest BCUT2D eigenvalue weighted by Gasteiger charge is -2.34. The average molecular weight is 308 g/mol. The summed E-state index contributed by atoms with van der Waals surface area (Å²) in [7, 11) is 0. The predicted molar refractivity (Wildman–Crippen MR) is 90.1 cm³/mol. The van der Waals surface area contributed by atoms with Gasteiger partial charge in [0.15, 0.2) is 5.13 Å². The lowest BCUT2D eigenvalue weighted by molar-refractivity contribution is 0.258. The Morgan fingerprint density at radius 2 is 2.00 bits per heavy atom. The quantitative estimate of drug-likeness (QED) is 0.932. The molecule has 2 aliphatic rings. The van der Waals surface area contributed by atoms with Gasteiger partial charge in [0.05, 0.1) is 5.69 Å². The first kappa shape index (κ1) is 15.3. The number of nitrogens with two attached hydrogens (primary N) is 1. The van der Waals surface area contributed by atoms with Crippen LogP contribution >= 0.6 is 11.3 Å². The third kappa shape index (κ3) is 3.25. The van der Waals surface area contributed by atoms with Crippen molar-refractivity contribution in [3.63, 3.8) is 0 Å². The van der Waals surface area contributed by atoms with Gasteiger partial charge in [-0.3, -0.25) is 4.90 Å². The summed E-state index contributed by atoms with van der Waals surface area (Å²) >= 11 is 1.84. The Labute approximate surface area is 132 Å². The molecule has 0 saturated carbocycles. The molecular weight excluding hydrogens is 280 g/mol. The van der Waals surface area contributed by atoms with Crippen LogP contribution < -0.4 is 10.6 Å². The summed E-state index contributed by atoms with van der Waals surface area (Å²) in [4.78, 5) is 11.3. The maximum Gasteiger partial charge on any atom is 0.185 e. The number of thiazole rings is 1. The molecular formula is C16H28N4S. The fourth-order valence-electron chi connectivity index (χ4n) is 3.59. The van der Waals surface area contributed by atoms with Gasteiger partial charge in [-0.2, -0.15) is 0 Å². The molecule has 0 spiro atoms. The molecule has 1 fully saturated rings. The third-order valence-electron chi connectivity index (χ3n) is 4.65. The predicted octanol–water partition coefficient (Wildman–Crippen LogP) is 2.65. The lowest BCUT2D eigenvalue weighted by Crippen LogP contribution is -2.46. The van der Waals surface area contributed by atoms with E-state index >= 15 is 0 Å². The Morgan fingerprint density at radius 3 is 2.67 bits per heavy atom. The van der Waals surface area contributed by atoms with Crippen LogP contribution in [0.2, 0.25) is 0 Å². The van der Waals surface area contributed by atoms with Crippen LogP contribution in [-0.4, -0.2) is 42.6 Å². The Hall–Kier alpha value is -0.650. The van der Waals surface area contributed by atoms with Gasteiger partial charge in [-0.25, -0.2) is 4.98 Å². The minimum absolute atomic E-state index is 0.177. The van der Waals surface area contributed by atoms with Crippen LogP contribution in [-0.2, 0) is 6.42 Å². The van der Waals surface area contributed by atoms with Crippen LogP contribution in [0, 0.1) is 5.41 Å². The molecule has 1 saturated heterocycles. The normalized spacial score (nSPS) is 25.9. The molecule has 5 heteroatoms. The standard InChI is InChI=1S/C16H28N4S/c1-4-5-19-6-8-20(9-7-19)15-18-13-11-16(2,3)10-12(17)14(13)21-15/h12H,4-11,17H2,1-3H3. The highest BCUT2D eigenvalue weighted by molar-refractivity contribution is 7.15. The van der Waals surface area contributed by atoms with E-state index < -0.39 is 0 Å². The van der Waals surface area contributed by atoms with Crippen molar-refractivity contribution in [3.05, 3.63) is 10.6 Å². The highest BCUT2D eigenvalue weighted by Gasteiger charge is 2.34. The van der Waals surface area contributed by atoms with Gasteiger partial charge in [0, 0.05) is 37.1 Å². The number of hydrogen-bond acceptors (Lipinski definition) is 5. The molecule has 1 aliphatic heterocycles. The Bertz CT molecular complexity index is 488. The van der Waals surface area contributed by atoms with E-state index in [-0.39, 0.29) is 11.5 Å². The molecule has 3 rings (SSSR count). The summed E-state index contributed by atoms with van der Waals surface area (Å²) in [6.07, 6.45) is 3.39. The van der Waals surface area contributed by atoms with E-state index in [2.05, 4.69) is 30.6 Å². The number of piperazine rings is 1. The Kier molecular flexibility index (Phi) is 4.26. The molecule has 1 aliphatic carbocycles. The fraction of sp³-hybridized carbons (Fsp3) is 0.812. The molecule has 21 heavy (non-hydrogen) atoms.